The summed E-state index contributed by atoms with van der Waals surface area (Å²) in [5, 5.41) is 9.58. The van der Waals surface area contributed by atoms with E-state index < -0.39 is 5.67 Å². The molecule has 26 heavy (non-hydrogen) atoms. The lowest BCUT2D eigenvalue weighted by Crippen LogP contribution is -2.63. The number of halogens is 1. The zero-order valence-electron chi connectivity index (χ0n) is 15.5. The molecule has 140 valence electrons. The number of rotatable bonds is 3. The number of hydrogen-bond acceptors (Lipinski definition) is 2. The van der Waals surface area contributed by atoms with Crippen molar-refractivity contribution in [3.8, 4) is 0 Å². The molecule has 5 aliphatic rings. The molecular weight excluding hydrogens is 329 g/mol. The van der Waals surface area contributed by atoms with Gasteiger partial charge in [-0.2, -0.15) is 0 Å². The highest BCUT2D eigenvalue weighted by atomic mass is 19.1. The number of carbonyl (C=O) groups excluding carboxylic acids is 1. The van der Waals surface area contributed by atoms with Crippen molar-refractivity contribution in [1.82, 2.24) is 4.90 Å². The highest BCUT2D eigenvalue weighted by Gasteiger charge is 2.63. The molecule has 4 bridgehead atoms. The Morgan fingerprint density at radius 2 is 1.77 bits per heavy atom. The summed E-state index contributed by atoms with van der Waals surface area (Å²) in [6.07, 6.45) is 4.18. The van der Waals surface area contributed by atoms with Gasteiger partial charge in [-0.3, -0.25) is 4.79 Å². The number of aliphatic hydroxyl groups is 1. The Morgan fingerprint density at radius 3 is 2.31 bits per heavy atom. The first kappa shape index (κ1) is 16.7. The quantitative estimate of drug-likeness (QED) is 0.901. The Hall–Kier alpha value is -1.42. The summed E-state index contributed by atoms with van der Waals surface area (Å²) < 4.78 is 15.3. The third-order valence-electron chi connectivity index (χ3n) is 7.82. The van der Waals surface area contributed by atoms with E-state index in [9.17, 15) is 9.90 Å². The molecule has 3 nitrogen and oxygen atoms in total. The largest absolute Gasteiger partial charge is 0.389 e. The van der Waals surface area contributed by atoms with Crippen LogP contribution < -0.4 is 0 Å². The predicted molar refractivity (Wildman–Crippen MR) is 97.5 cm³/mol. The zero-order valence-corrected chi connectivity index (χ0v) is 15.5. The third-order valence-corrected chi connectivity index (χ3v) is 7.82. The molecular formula is C22H28FNO2. The molecule has 5 fully saturated rings. The molecule has 1 N–H and O–H groups in total. The van der Waals surface area contributed by atoms with Crippen LogP contribution in [0.4, 0.5) is 4.39 Å². The Bertz CT molecular complexity index is 708. The first-order chi connectivity index (χ1) is 12.4. The second-order valence-corrected chi connectivity index (χ2v) is 9.53. The molecule has 0 spiro atoms. The summed E-state index contributed by atoms with van der Waals surface area (Å²) in [4.78, 5) is 14.8. The second-order valence-electron chi connectivity index (χ2n) is 9.53. The predicted octanol–water partition coefficient (Wildman–Crippen LogP) is 3.37. The van der Waals surface area contributed by atoms with Crippen molar-refractivity contribution in [2.24, 2.45) is 17.8 Å². The van der Waals surface area contributed by atoms with Crippen molar-refractivity contribution < 1.29 is 14.3 Å². The molecule has 1 heterocycles. The van der Waals surface area contributed by atoms with E-state index in [1.165, 1.54) is 11.1 Å². The first-order valence-corrected chi connectivity index (χ1v) is 10.1. The van der Waals surface area contributed by atoms with Gasteiger partial charge in [0.1, 0.15) is 5.67 Å². The van der Waals surface area contributed by atoms with Gasteiger partial charge >= 0.3 is 0 Å². The van der Waals surface area contributed by atoms with Gasteiger partial charge in [0.15, 0.2) is 0 Å². The highest BCUT2D eigenvalue weighted by molar-refractivity contribution is 5.79. The number of aryl methyl sites for hydroxylation is 1. The summed E-state index contributed by atoms with van der Waals surface area (Å²) in [6, 6.07) is 8.62. The van der Waals surface area contributed by atoms with Gasteiger partial charge in [-0.15, -0.1) is 0 Å². The summed E-state index contributed by atoms with van der Waals surface area (Å²) in [6.45, 7) is 2.98. The van der Waals surface area contributed by atoms with E-state index in [0.29, 0.717) is 38.3 Å². The lowest BCUT2D eigenvalue weighted by Gasteiger charge is -2.63. The van der Waals surface area contributed by atoms with Crippen molar-refractivity contribution in [3.05, 3.63) is 35.4 Å². The van der Waals surface area contributed by atoms with Gasteiger partial charge in [-0.1, -0.05) is 29.8 Å². The molecule has 4 aliphatic carbocycles. The van der Waals surface area contributed by atoms with Crippen molar-refractivity contribution in [2.45, 2.75) is 62.6 Å². The fourth-order valence-electron chi connectivity index (χ4n) is 6.75. The molecule has 1 amide bonds. The molecule has 6 rings (SSSR count). The van der Waals surface area contributed by atoms with E-state index >= 15 is 4.39 Å². The number of amides is 1. The van der Waals surface area contributed by atoms with Crippen molar-refractivity contribution >= 4 is 5.91 Å². The van der Waals surface area contributed by atoms with Crippen LogP contribution in [0.15, 0.2) is 24.3 Å². The molecule has 0 aromatic heterocycles. The molecule has 2 atom stereocenters. The minimum Gasteiger partial charge on any atom is -0.389 e. The zero-order chi connectivity index (χ0) is 18.1. The maximum absolute atomic E-state index is 15.3. The van der Waals surface area contributed by atoms with Crippen LogP contribution in [0.3, 0.4) is 0 Å². The van der Waals surface area contributed by atoms with Crippen LogP contribution in [-0.4, -0.2) is 40.8 Å². The van der Waals surface area contributed by atoms with E-state index in [1.54, 1.807) is 4.90 Å². The van der Waals surface area contributed by atoms with Crippen LogP contribution in [0.25, 0.3) is 0 Å². The Morgan fingerprint density at radius 1 is 1.15 bits per heavy atom. The summed E-state index contributed by atoms with van der Waals surface area (Å²) in [5.41, 5.74) is 1.22. The van der Waals surface area contributed by atoms with Gasteiger partial charge in [0.25, 0.3) is 0 Å². The standard InChI is InChI=1S/C22H28FNO2/c1-14-2-4-16(5-3-14)22(11-20(26)24-12-19(25)13-24)17-6-15-7-18(22)10-21(23,8-15)9-17/h2-5,15,17-19,25H,6-13H2,1H3. The van der Waals surface area contributed by atoms with E-state index in [2.05, 4.69) is 31.2 Å². The average Bonchev–Trinajstić information content (AvgIpc) is 2.54. The number of hydrogen-bond donors (Lipinski definition) is 1. The maximum atomic E-state index is 15.3. The van der Waals surface area contributed by atoms with Crippen molar-refractivity contribution in [2.75, 3.05) is 13.1 Å². The summed E-state index contributed by atoms with van der Waals surface area (Å²) in [7, 11) is 0. The summed E-state index contributed by atoms with van der Waals surface area (Å²) in [5.74, 6) is 1.15. The van der Waals surface area contributed by atoms with E-state index in [0.717, 1.165) is 19.3 Å². The summed E-state index contributed by atoms with van der Waals surface area (Å²) >= 11 is 0. The van der Waals surface area contributed by atoms with Crippen LogP contribution in [-0.2, 0) is 10.2 Å². The van der Waals surface area contributed by atoms with Crippen molar-refractivity contribution in [3.63, 3.8) is 0 Å². The van der Waals surface area contributed by atoms with Gasteiger partial charge in [-0.25, -0.2) is 4.39 Å². The molecule has 1 aromatic carbocycles. The average molecular weight is 357 g/mol. The Balaban J connectivity index is 1.53. The normalized spacial score (nSPS) is 41.3. The molecule has 0 radical (unpaired) electrons. The van der Waals surface area contributed by atoms with E-state index in [1.807, 2.05) is 0 Å². The number of aliphatic hydroxyl groups excluding tert-OH is 1. The molecule has 2 unspecified atom stereocenters. The third kappa shape index (κ3) is 2.37. The number of nitrogens with zero attached hydrogens (tertiary/aromatic N) is 1. The minimum absolute atomic E-state index is 0.135. The highest BCUT2D eigenvalue weighted by Crippen LogP contribution is 2.66. The Kier molecular flexibility index (Phi) is 3.57. The first-order valence-electron chi connectivity index (χ1n) is 10.1. The van der Waals surface area contributed by atoms with Crippen LogP contribution in [0.1, 0.15) is 49.7 Å². The molecule has 1 saturated heterocycles. The molecule has 4 saturated carbocycles. The Labute approximate surface area is 154 Å². The number of benzene rings is 1. The monoisotopic (exact) mass is 357 g/mol. The molecule has 1 aliphatic heterocycles. The van der Waals surface area contributed by atoms with E-state index in [-0.39, 0.29) is 29.3 Å². The molecule has 4 heteroatoms. The van der Waals surface area contributed by atoms with Crippen molar-refractivity contribution in [1.29, 1.82) is 0 Å². The van der Waals surface area contributed by atoms with Gasteiger partial charge in [-0.05, 0) is 62.3 Å². The second kappa shape index (κ2) is 5.54. The van der Waals surface area contributed by atoms with Gasteiger partial charge in [0.05, 0.1) is 6.10 Å². The number of likely N-dealkylation sites (tertiary alicyclic amines) is 1. The minimum atomic E-state index is -0.999. The van der Waals surface area contributed by atoms with Crippen LogP contribution in [0.2, 0.25) is 0 Å². The van der Waals surface area contributed by atoms with Crippen LogP contribution in [0, 0.1) is 24.7 Å². The number of carbonyl (C=O) groups is 1. The van der Waals surface area contributed by atoms with E-state index in [4.69, 9.17) is 0 Å². The van der Waals surface area contributed by atoms with Crippen LogP contribution in [0.5, 0.6) is 0 Å². The lowest BCUT2D eigenvalue weighted by molar-refractivity contribution is -0.156. The van der Waals surface area contributed by atoms with Gasteiger partial charge < -0.3 is 10.0 Å². The van der Waals surface area contributed by atoms with Gasteiger partial charge in [0.2, 0.25) is 5.91 Å². The SMILES string of the molecule is Cc1ccc(C2(CC(=O)N3CC(O)C3)C3CC4CC2CC(F)(C4)C3)cc1. The number of alkyl halides is 1. The fourth-order valence-corrected chi connectivity index (χ4v) is 6.75. The fraction of sp³-hybridized carbons (Fsp3) is 0.682. The topological polar surface area (TPSA) is 40.5 Å². The lowest BCUT2D eigenvalue weighted by atomic mass is 9.42. The smallest absolute Gasteiger partial charge is 0.223 e. The van der Waals surface area contributed by atoms with Crippen LogP contribution >= 0.6 is 0 Å². The number of β-amino-alcohol motifs (C(OH)–C–C–N with tert-alkyl or cyclic N) is 1. The maximum Gasteiger partial charge on any atom is 0.223 e. The molecule has 1 aromatic rings. The van der Waals surface area contributed by atoms with Gasteiger partial charge in [0, 0.05) is 24.9 Å².